The van der Waals surface area contributed by atoms with Crippen LogP contribution in [0.2, 0.25) is 0 Å². The zero-order chi connectivity index (χ0) is 10.7. The van der Waals surface area contributed by atoms with E-state index in [0.717, 1.165) is 10.9 Å². The Bertz CT molecular complexity index is 499. The fourth-order valence-corrected chi connectivity index (χ4v) is 1.85. The zero-order valence-electron chi connectivity index (χ0n) is 7.84. The topological polar surface area (TPSA) is 53.0 Å². The van der Waals surface area contributed by atoms with Crippen LogP contribution >= 0.6 is 11.8 Å². The summed E-state index contributed by atoms with van der Waals surface area (Å²) in [5.74, 6) is -1.14. The van der Waals surface area contributed by atoms with Crippen LogP contribution in [-0.4, -0.2) is 16.7 Å². The summed E-state index contributed by atoms with van der Waals surface area (Å²) in [4.78, 5) is 14.6. The first kappa shape index (κ1) is 9.98. The number of carbonyl (C=O) groups is 1. The fraction of sp³-hybridized carbons (Fsp3) is 0.0909. The molecule has 0 aliphatic rings. The molecular weight excluding hydrogens is 210 g/mol. The van der Waals surface area contributed by atoms with Gasteiger partial charge in [0.1, 0.15) is 0 Å². The molecule has 0 N–H and O–H groups in total. The number of hydrogen-bond acceptors (Lipinski definition) is 4. The molecule has 3 nitrogen and oxygen atoms in total. The minimum atomic E-state index is -1.07. The Balaban J connectivity index is 2.26. The van der Waals surface area contributed by atoms with Gasteiger partial charge in [-0.05, 0) is 12.1 Å². The Morgan fingerprint density at radius 2 is 2.07 bits per heavy atom. The zero-order valence-corrected chi connectivity index (χ0v) is 8.66. The number of benzene rings is 1. The summed E-state index contributed by atoms with van der Waals surface area (Å²) in [5, 5.41) is 12.0. The third kappa shape index (κ3) is 2.47. The molecule has 0 aliphatic heterocycles. The SMILES string of the molecule is O=C([O-])CSc1ccc2ccccc2n1. The summed E-state index contributed by atoms with van der Waals surface area (Å²) in [5.41, 5.74) is 0.876. The minimum Gasteiger partial charge on any atom is -0.549 e. The highest BCUT2D eigenvalue weighted by Crippen LogP contribution is 2.19. The molecule has 2 aromatic rings. The molecule has 0 unspecified atom stereocenters. The number of pyridine rings is 1. The van der Waals surface area contributed by atoms with E-state index < -0.39 is 5.97 Å². The molecule has 0 bridgehead atoms. The van der Waals surface area contributed by atoms with Crippen molar-refractivity contribution in [2.75, 3.05) is 5.75 Å². The molecule has 0 spiro atoms. The van der Waals surface area contributed by atoms with Crippen molar-refractivity contribution in [2.24, 2.45) is 0 Å². The molecule has 0 aliphatic carbocycles. The first-order valence-corrected chi connectivity index (χ1v) is 5.43. The number of aromatic nitrogens is 1. The van der Waals surface area contributed by atoms with E-state index in [1.807, 2.05) is 36.4 Å². The van der Waals surface area contributed by atoms with Crippen LogP contribution in [0.3, 0.4) is 0 Å². The summed E-state index contributed by atoms with van der Waals surface area (Å²) in [6, 6.07) is 11.5. The molecule has 4 heteroatoms. The second kappa shape index (κ2) is 4.31. The summed E-state index contributed by atoms with van der Waals surface area (Å²) < 4.78 is 0. The third-order valence-corrected chi connectivity index (χ3v) is 2.81. The van der Waals surface area contributed by atoms with Crippen molar-refractivity contribution in [3.05, 3.63) is 36.4 Å². The number of aliphatic carboxylic acids is 1. The second-order valence-electron chi connectivity index (χ2n) is 3.00. The van der Waals surface area contributed by atoms with Gasteiger partial charge in [0.15, 0.2) is 0 Å². The van der Waals surface area contributed by atoms with Crippen LogP contribution in [0.4, 0.5) is 0 Å². The number of nitrogens with zero attached hydrogens (tertiary/aromatic N) is 1. The maximum Gasteiger partial charge on any atom is 0.0971 e. The smallest absolute Gasteiger partial charge is 0.0971 e. The summed E-state index contributed by atoms with van der Waals surface area (Å²) in [7, 11) is 0. The number of thioether (sulfide) groups is 1. The summed E-state index contributed by atoms with van der Waals surface area (Å²) >= 11 is 1.17. The minimum absolute atomic E-state index is 0.0641. The van der Waals surface area contributed by atoms with E-state index in [1.54, 1.807) is 0 Å². The van der Waals surface area contributed by atoms with Crippen molar-refractivity contribution in [1.82, 2.24) is 4.98 Å². The molecule has 15 heavy (non-hydrogen) atoms. The largest absolute Gasteiger partial charge is 0.549 e. The molecule has 1 heterocycles. The van der Waals surface area contributed by atoms with E-state index in [1.165, 1.54) is 11.8 Å². The quantitative estimate of drug-likeness (QED) is 0.723. The molecule has 1 aromatic carbocycles. The Morgan fingerprint density at radius 1 is 1.27 bits per heavy atom. The molecule has 2 rings (SSSR count). The van der Waals surface area contributed by atoms with Crippen LogP contribution in [0.25, 0.3) is 10.9 Å². The third-order valence-electron chi connectivity index (χ3n) is 1.91. The Hall–Kier alpha value is -1.55. The number of carboxylic acids is 1. The summed E-state index contributed by atoms with van der Waals surface area (Å²) in [6.07, 6.45) is 0. The van der Waals surface area contributed by atoms with E-state index in [9.17, 15) is 9.90 Å². The average molecular weight is 218 g/mol. The van der Waals surface area contributed by atoms with Crippen LogP contribution in [0, 0.1) is 0 Å². The van der Waals surface area contributed by atoms with Crippen molar-refractivity contribution in [3.8, 4) is 0 Å². The molecule has 0 radical (unpaired) electrons. The molecule has 1 aromatic heterocycles. The van der Waals surface area contributed by atoms with Gasteiger partial charge in [0.2, 0.25) is 0 Å². The van der Waals surface area contributed by atoms with Gasteiger partial charge in [-0.1, -0.05) is 24.3 Å². The van der Waals surface area contributed by atoms with E-state index in [0.29, 0.717) is 5.03 Å². The van der Waals surface area contributed by atoms with Gasteiger partial charge < -0.3 is 9.90 Å². The Labute approximate surface area is 91.1 Å². The highest BCUT2D eigenvalue weighted by Gasteiger charge is 1.98. The van der Waals surface area contributed by atoms with Crippen molar-refractivity contribution >= 4 is 28.6 Å². The molecule has 0 saturated heterocycles. The highest BCUT2D eigenvalue weighted by atomic mass is 32.2. The van der Waals surface area contributed by atoms with Gasteiger partial charge in [0.05, 0.1) is 16.5 Å². The molecular formula is C11H8NO2S-. The number of fused-ring (bicyclic) bond motifs is 1. The Morgan fingerprint density at radius 3 is 2.87 bits per heavy atom. The fourth-order valence-electron chi connectivity index (χ4n) is 1.26. The van der Waals surface area contributed by atoms with Gasteiger partial charge in [-0.2, -0.15) is 0 Å². The highest BCUT2D eigenvalue weighted by molar-refractivity contribution is 7.99. The molecule has 0 amide bonds. The van der Waals surface area contributed by atoms with Crippen LogP contribution in [-0.2, 0) is 4.79 Å². The van der Waals surface area contributed by atoms with Crippen molar-refractivity contribution < 1.29 is 9.90 Å². The van der Waals surface area contributed by atoms with E-state index in [-0.39, 0.29) is 5.75 Å². The van der Waals surface area contributed by atoms with Crippen molar-refractivity contribution in [1.29, 1.82) is 0 Å². The number of rotatable bonds is 3. The van der Waals surface area contributed by atoms with E-state index >= 15 is 0 Å². The number of carbonyl (C=O) groups excluding carboxylic acids is 1. The standard InChI is InChI=1S/C11H9NO2S/c13-11(14)7-15-10-6-5-8-3-1-2-4-9(8)12-10/h1-6H,7H2,(H,13,14)/p-1. The lowest BCUT2D eigenvalue weighted by molar-refractivity contribution is -0.301. The van der Waals surface area contributed by atoms with Gasteiger partial charge in [0, 0.05) is 11.1 Å². The van der Waals surface area contributed by atoms with Crippen LogP contribution in [0.5, 0.6) is 0 Å². The number of para-hydroxylation sites is 1. The van der Waals surface area contributed by atoms with Gasteiger partial charge >= 0.3 is 0 Å². The van der Waals surface area contributed by atoms with Gasteiger partial charge in [-0.15, -0.1) is 11.8 Å². The molecule has 0 atom stereocenters. The van der Waals surface area contributed by atoms with Gasteiger partial charge in [-0.25, -0.2) is 4.98 Å². The normalized spacial score (nSPS) is 10.4. The monoisotopic (exact) mass is 218 g/mol. The molecule has 0 fully saturated rings. The van der Waals surface area contributed by atoms with Crippen LogP contribution in [0.15, 0.2) is 41.4 Å². The summed E-state index contributed by atoms with van der Waals surface area (Å²) in [6.45, 7) is 0. The maximum atomic E-state index is 10.3. The lowest BCUT2D eigenvalue weighted by Gasteiger charge is -2.03. The van der Waals surface area contributed by atoms with Crippen molar-refractivity contribution in [2.45, 2.75) is 5.03 Å². The molecule has 76 valence electrons. The van der Waals surface area contributed by atoms with E-state index in [4.69, 9.17) is 0 Å². The van der Waals surface area contributed by atoms with Crippen molar-refractivity contribution in [3.63, 3.8) is 0 Å². The first-order chi connectivity index (χ1) is 7.25. The predicted octanol–water partition coefficient (Wildman–Crippen LogP) is 1.08. The lowest BCUT2D eigenvalue weighted by Crippen LogP contribution is -2.24. The maximum absolute atomic E-state index is 10.3. The average Bonchev–Trinajstić information content (AvgIpc) is 2.26. The van der Waals surface area contributed by atoms with Crippen LogP contribution in [0.1, 0.15) is 0 Å². The predicted molar refractivity (Wildman–Crippen MR) is 57.5 cm³/mol. The molecule has 0 saturated carbocycles. The van der Waals surface area contributed by atoms with E-state index in [2.05, 4.69) is 4.98 Å². The van der Waals surface area contributed by atoms with Gasteiger partial charge in [0.25, 0.3) is 0 Å². The lowest BCUT2D eigenvalue weighted by atomic mass is 10.2. The number of carboxylic acid groups (broad SMARTS) is 1. The number of hydrogen-bond donors (Lipinski definition) is 0. The first-order valence-electron chi connectivity index (χ1n) is 4.44. The Kier molecular flexibility index (Phi) is 2.87. The van der Waals surface area contributed by atoms with Crippen LogP contribution < -0.4 is 5.11 Å². The van der Waals surface area contributed by atoms with Gasteiger partial charge in [-0.3, -0.25) is 0 Å². The second-order valence-corrected chi connectivity index (χ2v) is 4.00.